The number of ether oxygens (including phenoxy) is 2. The Morgan fingerprint density at radius 1 is 0.860 bits per heavy atom. The Morgan fingerprint density at radius 2 is 1.50 bits per heavy atom. The van der Waals surface area contributed by atoms with Gasteiger partial charge in [-0.2, -0.15) is 0 Å². The Bertz CT molecular complexity index is 1970. The van der Waals surface area contributed by atoms with E-state index in [2.05, 4.69) is 22.4 Å². The molecule has 50 heavy (non-hydrogen) atoms. The van der Waals surface area contributed by atoms with Gasteiger partial charge in [-0.25, -0.2) is 22.0 Å². The Hall–Kier alpha value is -4.21. The summed E-state index contributed by atoms with van der Waals surface area (Å²) in [5, 5.41) is 21.0. The number of benzene rings is 4. The van der Waals surface area contributed by atoms with E-state index in [1.54, 1.807) is 36.0 Å². The number of hydrogen-bond acceptors (Lipinski definition) is 8. The van der Waals surface area contributed by atoms with Crippen LogP contribution in [0.5, 0.6) is 0 Å². The summed E-state index contributed by atoms with van der Waals surface area (Å²) in [6.45, 7) is 3.65. The van der Waals surface area contributed by atoms with Gasteiger partial charge in [-0.1, -0.05) is 103 Å². The molecule has 1 amide bonds. The number of aromatic nitrogens is 2. The first-order valence-corrected chi connectivity index (χ1v) is 17.3. The van der Waals surface area contributed by atoms with E-state index >= 15 is 0 Å². The first-order chi connectivity index (χ1) is 24.0. The number of aryl methyl sites for hydroxylation is 1. The van der Waals surface area contributed by atoms with Gasteiger partial charge in [0, 0.05) is 23.8 Å². The van der Waals surface area contributed by atoms with Gasteiger partial charge in [-0.15, -0.1) is 10.2 Å². The lowest BCUT2D eigenvalue weighted by Crippen LogP contribution is -2.38. The molecule has 6 rings (SSSR count). The van der Waals surface area contributed by atoms with Crippen molar-refractivity contribution in [2.75, 3.05) is 5.75 Å². The zero-order chi connectivity index (χ0) is 35.5. The molecule has 5 aromatic rings. The summed E-state index contributed by atoms with van der Waals surface area (Å²) in [4.78, 5) is 12.6. The summed E-state index contributed by atoms with van der Waals surface area (Å²) >= 11 is 3.08. The molecule has 7 nitrogen and oxygen atoms in total. The monoisotopic (exact) mass is 727 g/mol. The second-order valence-corrected chi connectivity index (χ2v) is 14.1. The number of amides is 1. The quantitative estimate of drug-likeness (QED) is 0.0649. The van der Waals surface area contributed by atoms with Crippen LogP contribution in [0.25, 0.3) is 11.1 Å². The number of nitrogens with one attached hydrogen (secondary N) is 1. The molecule has 2 heterocycles. The van der Waals surface area contributed by atoms with E-state index in [-0.39, 0.29) is 31.3 Å². The highest BCUT2D eigenvalue weighted by molar-refractivity contribution is 8.01. The van der Waals surface area contributed by atoms with E-state index < -0.39 is 46.8 Å². The highest BCUT2D eigenvalue weighted by Gasteiger charge is 2.38. The van der Waals surface area contributed by atoms with Crippen LogP contribution in [0.3, 0.4) is 0 Å². The van der Waals surface area contributed by atoms with Gasteiger partial charge in [0.25, 0.3) is 5.91 Å². The fourth-order valence-electron chi connectivity index (χ4n) is 5.64. The molecule has 14 heteroatoms. The van der Waals surface area contributed by atoms with Crippen LogP contribution >= 0.6 is 23.1 Å². The predicted molar refractivity (Wildman–Crippen MR) is 178 cm³/mol. The van der Waals surface area contributed by atoms with Crippen molar-refractivity contribution in [2.45, 2.75) is 49.8 Å². The lowest BCUT2D eigenvalue weighted by Gasteiger charge is -2.41. The number of carbonyl (C=O) groups excluding carboxylic acids is 1. The molecule has 1 fully saturated rings. The minimum Gasteiger partial charge on any atom is -0.392 e. The van der Waals surface area contributed by atoms with Crippen molar-refractivity contribution in [3.8, 4) is 11.1 Å². The third-order valence-electron chi connectivity index (χ3n) is 8.39. The van der Waals surface area contributed by atoms with Crippen LogP contribution in [0.1, 0.15) is 56.9 Å². The van der Waals surface area contributed by atoms with Crippen LogP contribution in [0.4, 0.5) is 22.0 Å². The van der Waals surface area contributed by atoms with Crippen LogP contribution in [-0.4, -0.2) is 33.1 Å². The highest BCUT2D eigenvalue weighted by atomic mass is 32.2. The van der Waals surface area contributed by atoms with E-state index in [0.717, 1.165) is 31.6 Å². The Labute approximate surface area is 292 Å². The first-order valence-electron chi connectivity index (χ1n) is 15.5. The molecule has 0 spiro atoms. The maximum absolute atomic E-state index is 14.2. The molecule has 1 saturated heterocycles. The molecule has 260 valence electrons. The number of thioether (sulfide) groups is 1. The topological polar surface area (TPSA) is 93.6 Å². The van der Waals surface area contributed by atoms with E-state index in [9.17, 15) is 31.9 Å². The summed E-state index contributed by atoms with van der Waals surface area (Å²) < 4.78 is 83.2. The molecule has 4 atom stereocenters. The minimum atomic E-state index is -2.34. The van der Waals surface area contributed by atoms with Crippen molar-refractivity contribution in [1.29, 1.82) is 0 Å². The largest absolute Gasteiger partial charge is 0.392 e. The molecule has 4 aromatic carbocycles. The Kier molecular flexibility index (Phi) is 10.9. The standard InChI is InChI=1S/C36H30F5N3O4S2/c1-18-26(17-49-36-44-43-19(2)50-36)47-35(48-33(18)22-9-7-20(16-45)8-10-22)23-13-11-21(12-14-23)25-6-4-3-5-24(25)15-42-34(46)27-28(37)30(39)32(41)31(40)29(27)38/h3-14,18,26,33,35,45H,15-17H2,1-2H3,(H,42,46). The molecule has 1 aliphatic rings. The van der Waals surface area contributed by atoms with Gasteiger partial charge in [0.2, 0.25) is 5.82 Å². The predicted octanol–water partition coefficient (Wildman–Crippen LogP) is 8.22. The fraction of sp³-hybridized carbons (Fsp3) is 0.250. The van der Waals surface area contributed by atoms with Gasteiger partial charge in [0.15, 0.2) is 33.9 Å². The SMILES string of the molecule is Cc1nnc(SCC2OC(c3ccc(-c4ccccc4CNC(=O)c4c(F)c(F)c(F)c(F)c4F)cc3)OC(c3ccc(CO)cc3)C2C)s1. The summed E-state index contributed by atoms with van der Waals surface area (Å²) in [5.74, 6) is -12.0. The van der Waals surface area contributed by atoms with Crippen LogP contribution in [-0.2, 0) is 22.6 Å². The van der Waals surface area contributed by atoms with Gasteiger partial charge >= 0.3 is 0 Å². The van der Waals surface area contributed by atoms with Crippen molar-refractivity contribution >= 4 is 29.0 Å². The molecule has 0 radical (unpaired) electrons. The first kappa shape index (κ1) is 35.6. The van der Waals surface area contributed by atoms with Crippen LogP contribution in [0, 0.1) is 41.9 Å². The second-order valence-electron chi connectivity index (χ2n) is 11.6. The third kappa shape index (κ3) is 7.44. The van der Waals surface area contributed by atoms with Gasteiger partial charge in [-0.05, 0) is 34.7 Å². The highest BCUT2D eigenvalue weighted by Crippen LogP contribution is 2.43. The van der Waals surface area contributed by atoms with Crippen LogP contribution in [0.15, 0.2) is 77.1 Å². The van der Waals surface area contributed by atoms with E-state index in [1.807, 2.05) is 55.5 Å². The van der Waals surface area contributed by atoms with Crippen molar-refractivity contribution in [3.63, 3.8) is 0 Å². The molecule has 2 N–H and O–H groups in total. The van der Waals surface area contributed by atoms with Crippen LogP contribution < -0.4 is 5.32 Å². The average Bonchev–Trinajstić information content (AvgIpc) is 3.56. The van der Waals surface area contributed by atoms with E-state index in [4.69, 9.17) is 9.47 Å². The zero-order valence-corrected chi connectivity index (χ0v) is 28.3. The van der Waals surface area contributed by atoms with Crippen molar-refractivity contribution in [2.24, 2.45) is 5.92 Å². The fourth-order valence-corrected chi connectivity index (χ4v) is 7.65. The smallest absolute Gasteiger partial charge is 0.257 e. The molecule has 0 aliphatic carbocycles. The molecule has 1 aliphatic heterocycles. The maximum atomic E-state index is 14.2. The number of aliphatic hydroxyl groups excluding tert-OH is 1. The molecule has 1 aromatic heterocycles. The number of carbonyl (C=O) groups is 1. The number of halogens is 5. The maximum Gasteiger partial charge on any atom is 0.257 e. The van der Waals surface area contributed by atoms with Gasteiger partial charge in [0.1, 0.15) is 10.6 Å². The summed E-state index contributed by atoms with van der Waals surface area (Å²) in [6.07, 6.45) is -1.25. The lowest BCUT2D eigenvalue weighted by molar-refractivity contribution is -0.268. The normalized spacial score (nSPS) is 19.0. The number of rotatable bonds is 10. The van der Waals surface area contributed by atoms with Crippen LogP contribution in [0.2, 0.25) is 0 Å². The van der Waals surface area contributed by atoms with Crippen molar-refractivity contribution < 1.29 is 41.3 Å². The Morgan fingerprint density at radius 3 is 2.14 bits per heavy atom. The third-order valence-corrected chi connectivity index (χ3v) is 10.5. The summed E-state index contributed by atoms with van der Waals surface area (Å²) in [6, 6.07) is 21.9. The summed E-state index contributed by atoms with van der Waals surface area (Å²) in [7, 11) is 0. The van der Waals surface area contributed by atoms with E-state index in [0.29, 0.717) is 16.9 Å². The lowest BCUT2D eigenvalue weighted by atomic mass is 9.91. The molecular formula is C36H30F5N3O4S2. The number of nitrogens with zero attached hydrogens (tertiary/aromatic N) is 2. The number of aliphatic hydroxyl groups is 1. The minimum absolute atomic E-state index is 0.0287. The Balaban J connectivity index is 1.21. The van der Waals surface area contributed by atoms with E-state index in [1.165, 1.54) is 11.3 Å². The second kappa shape index (κ2) is 15.4. The summed E-state index contributed by atoms with van der Waals surface area (Å²) in [5.41, 5.74) is 2.86. The van der Waals surface area contributed by atoms with Gasteiger partial charge < -0.3 is 19.9 Å². The molecule has 4 unspecified atom stereocenters. The molecule has 0 saturated carbocycles. The van der Waals surface area contributed by atoms with Gasteiger partial charge in [0.05, 0.1) is 18.8 Å². The van der Waals surface area contributed by atoms with Crippen molar-refractivity contribution in [3.05, 3.63) is 135 Å². The molecular weight excluding hydrogens is 698 g/mol. The average molecular weight is 728 g/mol. The molecule has 0 bridgehead atoms. The number of hydrogen-bond donors (Lipinski definition) is 2. The van der Waals surface area contributed by atoms with Gasteiger partial charge in [-0.3, -0.25) is 4.79 Å². The zero-order valence-electron chi connectivity index (χ0n) is 26.6. The van der Waals surface area contributed by atoms with Crippen molar-refractivity contribution in [1.82, 2.24) is 15.5 Å².